The number of nitrogens with two attached hydrogens (primary N) is 1. The quantitative estimate of drug-likeness (QED) is 0.781. The van der Waals surface area contributed by atoms with E-state index in [9.17, 15) is 4.79 Å². The van der Waals surface area contributed by atoms with Crippen LogP contribution >= 0.6 is 11.3 Å². The molecule has 0 saturated carbocycles. The van der Waals surface area contributed by atoms with Crippen LogP contribution in [0.1, 0.15) is 22.9 Å². The number of thiophene rings is 1. The average Bonchev–Trinajstić information content (AvgIpc) is 2.73. The highest BCUT2D eigenvalue weighted by Crippen LogP contribution is 2.30. The molecule has 2 heterocycles. The van der Waals surface area contributed by atoms with Crippen molar-refractivity contribution in [2.45, 2.75) is 12.5 Å². The van der Waals surface area contributed by atoms with Gasteiger partial charge < -0.3 is 5.73 Å². The fourth-order valence-corrected chi connectivity index (χ4v) is 2.34. The molecule has 1 aliphatic heterocycles. The Balaban J connectivity index is 2.30. The Morgan fingerprint density at radius 1 is 1.75 bits per heavy atom. The summed E-state index contributed by atoms with van der Waals surface area (Å²) in [6.07, 6.45) is 0.308. The maximum atomic E-state index is 11.6. The van der Waals surface area contributed by atoms with Crippen molar-refractivity contribution >= 4 is 23.2 Å². The Hall–Kier alpha value is -1.87. The monoisotopic (exact) mass is 234 g/mol. The van der Waals surface area contributed by atoms with Gasteiger partial charge in [0.25, 0.3) is 0 Å². The minimum atomic E-state index is -0.240. The molecule has 1 aromatic rings. The van der Waals surface area contributed by atoms with Crippen LogP contribution in [0.5, 0.6) is 0 Å². The number of rotatable bonds is 1. The molecule has 1 atom stereocenters. The van der Waals surface area contributed by atoms with Gasteiger partial charge in [-0.1, -0.05) is 0 Å². The molecule has 1 aromatic heterocycles. The molecular weight excluding hydrogens is 224 g/mol. The van der Waals surface area contributed by atoms with Crippen LogP contribution in [0, 0.1) is 11.3 Å². The predicted molar refractivity (Wildman–Crippen MR) is 60.8 cm³/mol. The average molecular weight is 234 g/mol. The highest BCUT2D eigenvalue weighted by molar-refractivity contribution is 7.10. The summed E-state index contributed by atoms with van der Waals surface area (Å²) in [5, 5.41) is 10.5. The van der Waals surface area contributed by atoms with Crippen molar-refractivity contribution in [3.8, 4) is 6.07 Å². The third kappa shape index (κ3) is 1.77. The molecule has 0 aromatic carbocycles. The summed E-state index contributed by atoms with van der Waals surface area (Å²) in [4.78, 5) is 18.0. The van der Waals surface area contributed by atoms with E-state index >= 15 is 0 Å². The standard InChI is InChI=1S/C10H10N4OS/c1-14-9(15)3-7(13-10(14)12)8-2-6(4-11)5-16-8/h2,5,7H,3H2,1H3,(H2,12,13). The van der Waals surface area contributed by atoms with Crippen LogP contribution in [0.15, 0.2) is 16.4 Å². The van der Waals surface area contributed by atoms with E-state index in [4.69, 9.17) is 11.0 Å². The maximum Gasteiger partial charge on any atom is 0.231 e. The van der Waals surface area contributed by atoms with Crippen LogP contribution in [0.2, 0.25) is 0 Å². The fraction of sp³-hybridized carbons (Fsp3) is 0.300. The number of amides is 1. The van der Waals surface area contributed by atoms with Crippen molar-refractivity contribution in [1.82, 2.24) is 4.90 Å². The summed E-state index contributed by atoms with van der Waals surface area (Å²) < 4.78 is 0. The van der Waals surface area contributed by atoms with Crippen molar-refractivity contribution in [3.05, 3.63) is 21.9 Å². The predicted octanol–water partition coefficient (Wildman–Crippen LogP) is 0.838. The van der Waals surface area contributed by atoms with Gasteiger partial charge in [0, 0.05) is 17.3 Å². The molecule has 0 fully saturated rings. The normalized spacial score (nSPS) is 20.5. The van der Waals surface area contributed by atoms with E-state index in [1.54, 1.807) is 18.5 Å². The van der Waals surface area contributed by atoms with Crippen molar-refractivity contribution in [2.24, 2.45) is 10.7 Å². The molecule has 0 radical (unpaired) electrons. The van der Waals surface area contributed by atoms with Gasteiger partial charge in [0.05, 0.1) is 18.0 Å². The van der Waals surface area contributed by atoms with Gasteiger partial charge >= 0.3 is 0 Å². The van der Waals surface area contributed by atoms with Crippen LogP contribution in [0.3, 0.4) is 0 Å². The zero-order valence-corrected chi connectivity index (χ0v) is 9.49. The Bertz CT molecular complexity index is 499. The zero-order valence-electron chi connectivity index (χ0n) is 8.67. The summed E-state index contributed by atoms with van der Waals surface area (Å²) in [6, 6.07) is 3.57. The van der Waals surface area contributed by atoms with Crippen LogP contribution in [0.25, 0.3) is 0 Å². The second kappa shape index (κ2) is 3.94. The summed E-state index contributed by atoms with van der Waals surface area (Å²) >= 11 is 1.43. The van der Waals surface area contributed by atoms with Gasteiger partial charge in [0.1, 0.15) is 6.07 Å². The summed E-state index contributed by atoms with van der Waals surface area (Å²) in [6.45, 7) is 0. The van der Waals surface area contributed by atoms with Crippen molar-refractivity contribution < 1.29 is 4.79 Å². The van der Waals surface area contributed by atoms with Crippen LogP contribution < -0.4 is 5.73 Å². The Kier molecular flexibility index (Phi) is 2.62. The van der Waals surface area contributed by atoms with E-state index in [2.05, 4.69) is 11.1 Å². The zero-order chi connectivity index (χ0) is 11.7. The molecule has 6 heteroatoms. The molecule has 2 rings (SSSR count). The van der Waals surface area contributed by atoms with Gasteiger partial charge in [-0.25, -0.2) is 4.99 Å². The molecule has 1 amide bonds. The first-order valence-corrected chi connectivity index (χ1v) is 5.58. The number of guanidine groups is 1. The number of aliphatic imine (C=N–C) groups is 1. The smallest absolute Gasteiger partial charge is 0.231 e. The number of hydrogen-bond donors (Lipinski definition) is 1. The minimum absolute atomic E-state index is 0.0515. The lowest BCUT2D eigenvalue weighted by Crippen LogP contribution is -2.42. The molecule has 2 N–H and O–H groups in total. The molecule has 1 unspecified atom stereocenters. The van der Waals surface area contributed by atoms with E-state index in [-0.39, 0.29) is 17.9 Å². The first-order chi connectivity index (χ1) is 7.61. The first kappa shape index (κ1) is 10.6. The maximum absolute atomic E-state index is 11.6. The second-order valence-electron chi connectivity index (χ2n) is 3.51. The lowest BCUT2D eigenvalue weighted by Gasteiger charge is -2.24. The van der Waals surface area contributed by atoms with Gasteiger partial charge in [-0.15, -0.1) is 11.3 Å². The Morgan fingerprint density at radius 3 is 3.06 bits per heavy atom. The summed E-state index contributed by atoms with van der Waals surface area (Å²) in [5.74, 6) is 0.178. The first-order valence-electron chi connectivity index (χ1n) is 4.70. The van der Waals surface area contributed by atoms with Crippen molar-refractivity contribution in [3.63, 3.8) is 0 Å². The van der Waals surface area contributed by atoms with E-state index in [1.165, 1.54) is 16.2 Å². The van der Waals surface area contributed by atoms with Crippen molar-refractivity contribution in [1.29, 1.82) is 5.26 Å². The van der Waals surface area contributed by atoms with E-state index in [0.717, 1.165) is 4.88 Å². The molecule has 5 nitrogen and oxygen atoms in total. The fourth-order valence-electron chi connectivity index (χ4n) is 1.47. The second-order valence-corrected chi connectivity index (χ2v) is 4.45. The number of nitriles is 1. The molecule has 0 aliphatic carbocycles. The topological polar surface area (TPSA) is 82.5 Å². The van der Waals surface area contributed by atoms with Crippen LogP contribution in [0.4, 0.5) is 0 Å². The number of nitrogens with zero attached hydrogens (tertiary/aromatic N) is 3. The van der Waals surface area contributed by atoms with Crippen LogP contribution in [-0.4, -0.2) is 23.8 Å². The third-order valence-electron chi connectivity index (χ3n) is 2.45. The van der Waals surface area contributed by atoms with E-state index in [0.29, 0.717) is 12.0 Å². The lowest BCUT2D eigenvalue weighted by atomic mass is 10.1. The van der Waals surface area contributed by atoms with Gasteiger partial charge in [-0.05, 0) is 6.07 Å². The molecule has 82 valence electrons. The van der Waals surface area contributed by atoms with Gasteiger partial charge in [0.2, 0.25) is 5.91 Å². The largest absolute Gasteiger partial charge is 0.369 e. The van der Waals surface area contributed by atoms with Crippen molar-refractivity contribution in [2.75, 3.05) is 7.05 Å². The SMILES string of the molecule is CN1C(=O)CC(c2cc(C#N)cs2)N=C1N. The van der Waals surface area contributed by atoms with Gasteiger partial charge in [-0.3, -0.25) is 9.69 Å². The molecule has 16 heavy (non-hydrogen) atoms. The number of hydrogen-bond acceptors (Lipinski definition) is 5. The Morgan fingerprint density at radius 2 is 2.50 bits per heavy atom. The Labute approximate surface area is 96.8 Å². The summed E-state index contributed by atoms with van der Waals surface area (Å²) in [5.41, 5.74) is 6.23. The van der Waals surface area contributed by atoms with Gasteiger partial charge in [0.15, 0.2) is 5.96 Å². The van der Waals surface area contributed by atoms with E-state index < -0.39 is 0 Å². The highest BCUT2D eigenvalue weighted by atomic mass is 32.1. The number of carbonyl (C=O) groups excluding carboxylic acids is 1. The van der Waals surface area contributed by atoms with E-state index in [1.807, 2.05) is 0 Å². The number of carbonyl (C=O) groups is 1. The molecular formula is C10H10N4OS. The highest BCUT2D eigenvalue weighted by Gasteiger charge is 2.26. The summed E-state index contributed by atoms with van der Waals surface area (Å²) in [7, 11) is 1.60. The minimum Gasteiger partial charge on any atom is -0.369 e. The lowest BCUT2D eigenvalue weighted by molar-refractivity contribution is -0.127. The van der Waals surface area contributed by atoms with Gasteiger partial charge in [-0.2, -0.15) is 5.26 Å². The molecule has 0 bridgehead atoms. The molecule has 1 aliphatic rings. The molecule has 0 saturated heterocycles. The van der Waals surface area contributed by atoms with Crippen LogP contribution in [-0.2, 0) is 4.79 Å². The third-order valence-corrected chi connectivity index (χ3v) is 3.48. The molecule has 0 spiro atoms.